The monoisotopic (exact) mass is 311 g/mol. The molecule has 0 radical (unpaired) electrons. The van der Waals surface area contributed by atoms with E-state index in [1.807, 2.05) is 0 Å². The number of alkyl halides is 3. The molecule has 0 saturated heterocycles. The van der Waals surface area contributed by atoms with Crippen LogP contribution in [0.1, 0.15) is 11.1 Å². The van der Waals surface area contributed by atoms with Gasteiger partial charge in [0.2, 0.25) is 0 Å². The molecule has 0 saturated carbocycles. The predicted molar refractivity (Wildman–Crippen MR) is 63.3 cm³/mol. The van der Waals surface area contributed by atoms with Crippen LogP contribution in [0.5, 0.6) is 5.75 Å². The minimum atomic E-state index is -4.36. The van der Waals surface area contributed by atoms with Gasteiger partial charge in [-0.3, -0.25) is 0 Å². The van der Waals surface area contributed by atoms with Crippen molar-refractivity contribution in [3.63, 3.8) is 0 Å². The number of likely N-dealkylation sites (N-methyl/N-ethyl adjacent to an activating group) is 1. The van der Waals surface area contributed by atoms with Crippen LogP contribution >= 0.6 is 15.9 Å². The highest BCUT2D eigenvalue weighted by atomic mass is 79.9. The van der Waals surface area contributed by atoms with Gasteiger partial charge in [0, 0.05) is 0 Å². The first kappa shape index (κ1) is 14.3. The highest BCUT2D eigenvalue weighted by molar-refractivity contribution is 9.10. The van der Waals surface area contributed by atoms with Crippen LogP contribution in [-0.4, -0.2) is 20.7 Å². The summed E-state index contributed by atoms with van der Waals surface area (Å²) < 4.78 is 43.9. The maximum atomic E-state index is 12.8. The number of hydrogen-bond acceptors (Lipinski definition) is 2. The molecule has 0 heterocycles. The zero-order valence-electron chi connectivity index (χ0n) is 9.49. The molecular formula is C11H13BrF3NO. The van der Waals surface area contributed by atoms with Crippen LogP contribution in [0.15, 0.2) is 16.6 Å². The lowest BCUT2D eigenvalue weighted by Gasteiger charge is -2.15. The molecular weight excluding hydrogens is 299 g/mol. The van der Waals surface area contributed by atoms with Crippen molar-refractivity contribution in [2.45, 2.75) is 12.6 Å². The van der Waals surface area contributed by atoms with Gasteiger partial charge in [0.05, 0.1) is 17.1 Å². The second kappa shape index (κ2) is 5.73. The maximum absolute atomic E-state index is 12.8. The molecule has 0 aliphatic heterocycles. The average Bonchev–Trinajstić information content (AvgIpc) is 2.24. The summed E-state index contributed by atoms with van der Waals surface area (Å²) in [6.07, 6.45) is -4.05. The molecule has 1 N–H and O–H groups in total. The summed E-state index contributed by atoms with van der Waals surface area (Å²) in [7, 11) is 3.04. The van der Waals surface area contributed by atoms with Crippen molar-refractivity contribution < 1.29 is 17.9 Å². The third-order valence-corrected chi connectivity index (χ3v) is 2.95. The van der Waals surface area contributed by atoms with Crippen molar-refractivity contribution >= 4 is 15.9 Å². The molecule has 0 aliphatic rings. The number of benzene rings is 1. The Morgan fingerprint density at radius 1 is 1.35 bits per heavy atom. The number of nitrogens with one attached hydrogen (secondary N) is 1. The smallest absolute Gasteiger partial charge is 0.416 e. The van der Waals surface area contributed by atoms with Crippen LogP contribution in [-0.2, 0) is 12.6 Å². The van der Waals surface area contributed by atoms with Gasteiger partial charge in [-0.2, -0.15) is 13.2 Å². The molecule has 0 bridgehead atoms. The lowest BCUT2D eigenvalue weighted by molar-refractivity contribution is -0.138. The van der Waals surface area contributed by atoms with Gasteiger partial charge in [0.15, 0.2) is 0 Å². The molecule has 2 nitrogen and oxygen atoms in total. The van der Waals surface area contributed by atoms with Gasteiger partial charge < -0.3 is 10.1 Å². The Hall–Kier alpha value is -0.750. The molecule has 0 aromatic heterocycles. The van der Waals surface area contributed by atoms with Crippen molar-refractivity contribution in [3.8, 4) is 5.75 Å². The Balaban J connectivity index is 3.21. The fourth-order valence-corrected chi connectivity index (χ4v) is 2.03. The van der Waals surface area contributed by atoms with Crippen molar-refractivity contribution in [2.24, 2.45) is 0 Å². The first-order valence-electron chi connectivity index (χ1n) is 4.98. The minimum Gasteiger partial charge on any atom is -0.496 e. The lowest BCUT2D eigenvalue weighted by atomic mass is 10.0. The molecule has 0 atom stereocenters. The van der Waals surface area contributed by atoms with Gasteiger partial charge in [0.1, 0.15) is 5.75 Å². The van der Waals surface area contributed by atoms with Gasteiger partial charge in [-0.1, -0.05) is 0 Å². The van der Waals surface area contributed by atoms with E-state index in [0.717, 1.165) is 6.07 Å². The maximum Gasteiger partial charge on any atom is 0.416 e. The molecule has 0 fully saturated rings. The summed E-state index contributed by atoms with van der Waals surface area (Å²) in [6.45, 7) is 0.488. The third-order valence-electron chi connectivity index (χ3n) is 2.33. The van der Waals surface area contributed by atoms with Crippen molar-refractivity contribution in [1.29, 1.82) is 0 Å². The highest BCUT2D eigenvalue weighted by Gasteiger charge is 2.34. The fraction of sp³-hybridized carbons (Fsp3) is 0.455. The molecule has 0 spiro atoms. The number of hydrogen-bond donors (Lipinski definition) is 1. The molecule has 0 aliphatic carbocycles. The molecule has 0 amide bonds. The van der Waals surface area contributed by atoms with Gasteiger partial charge in [-0.25, -0.2) is 0 Å². The second-order valence-electron chi connectivity index (χ2n) is 3.50. The standard InChI is InChI=1S/C11H13BrF3NO/c1-16-4-3-7-5-9(12)10(17-2)6-8(7)11(13,14)15/h5-6,16H,3-4H2,1-2H3. The Morgan fingerprint density at radius 2 is 2.00 bits per heavy atom. The van der Waals surface area contributed by atoms with Gasteiger partial charge in [-0.15, -0.1) is 0 Å². The highest BCUT2D eigenvalue weighted by Crippen LogP contribution is 2.38. The molecule has 96 valence electrons. The van der Waals surface area contributed by atoms with E-state index >= 15 is 0 Å². The Labute approximate surface area is 106 Å². The van der Waals surface area contributed by atoms with Crippen LogP contribution in [0.3, 0.4) is 0 Å². The molecule has 17 heavy (non-hydrogen) atoms. The van der Waals surface area contributed by atoms with Crippen molar-refractivity contribution in [2.75, 3.05) is 20.7 Å². The third kappa shape index (κ3) is 3.61. The van der Waals surface area contributed by atoms with Crippen LogP contribution in [0.4, 0.5) is 13.2 Å². The molecule has 6 heteroatoms. The summed E-state index contributed by atoms with van der Waals surface area (Å²) in [4.78, 5) is 0. The topological polar surface area (TPSA) is 21.3 Å². The Kier molecular flexibility index (Phi) is 4.82. The SMILES string of the molecule is CNCCc1cc(Br)c(OC)cc1C(F)(F)F. The summed E-state index contributed by atoms with van der Waals surface area (Å²) in [5.41, 5.74) is -0.396. The van der Waals surface area contributed by atoms with Crippen LogP contribution in [0.25, 0.3) is 0 Å². The Morgan fingerprint density at radius 3 is 2.47 bits per heavy atom. The van der Waals surface area contributed by atoms with Crippen LogP contribution in [0, 0.1) is 0 Å². The van der Waals surface area contributed by atoms with E-state index < -0.39 is 11.7 Å². The number of ether oxygens (including phenoxy) is 1. The van der Waals surface area contributed by atoms with E-state index in [4.69, 9.17) is 4.74 Å². The fourth-order valence-electron chi connectivity index (χ4n) is 1.48. The largest absolute Gasteiger partial charge is 0.496 e. The first-order chi connectivity index (χ1) is 7.90. The summed E-state index contributed by atoms with van der Waals surface area (Å²) >= 11 is 3.19. The van der Waals surface area contributed by atoms with Crippen LogP contribution < -0.4 is 10.1 Å². The van der Waals surface area contributed by atoms with Crippen molar-refractivity contribution in [1.82, 2.24) is 5.32 Å². The van der Waals surface area contributed by atoms with E-state index in [1.165, 1.54) is 13.2 Å². The minimum absolute atomic E-state index is 0.186. The predicted octanol–water partition coefficient (Wildman–Crippen LogP) is 3.24. The van der Waals surface area contributed by atoms with Crippen molar-refractivity contribution in [3.05, 3.63) is 27.7 Å². The molecule has 1 aromatic carbocycles. The van der Waals surface area contributed by atoms with Gasteiger partial charge in [0.25, 0.3) is 0 Å². The summed E-state index contributed by atoms with van der Waals surface area (Å²) in [5, 5.41) is 2.83. The number of rotatable bonds is 4. The Bertz CT molecular complexity index is 393. The van der Waals surface area contributed by atoms with E-state index in [-0.39, 0.29) is 11.3 Å². The zero-order valence-corrected chi connectivity index (χ0v) is 11.1. The van der Waals surface area contributed by atoms with E-state index in [0.29, 0.717) is 17.4 Å². The number of methoxy groups -OCH3 is 1. The van der Waals surface area contributed by atoms with Gasteiger partial charge >= 0.3 is 6.18 Å². The van der Waals surface area contributed by atoms with E-state index in [9.17, 15) is 13.2 Å². The molecule has 1 aromatic rings. The quantitative estimate of drug-likeness (QED) is 0.921. The molecule has 0 unspecified atom stereocenters. The van der Waals surface area contributed by atoms with Crippen LogP contribution in [0.2, 0.25) is 0 Å². The van der Waals surface area contributed by atoms with E-state index in [1.54, 1.807) is 7.05 Å². The number of halogens is 4. The van der Waals surface area contributed by atoms with E-state index in [2.05, 4.69) is 21.2 Å². The molecule has 1 rings (SSSR count). The lowest BCUT2D eigenvalue weighted by Crippen LogP contribution is -2.15. The second-order valence-corrected chi connectivity index (χ2v) is 4.35. The first-order valence-corrected chi connectivity index (χ1v) is 5.77. The zero-order chi connectivity index (χ0) is 13.1. The normalized spacial score (nSPS) is 11.6. The summed E-state index contributed by atoms with van der Waals surface area (Å²) in [6, 6.07) is 2.48. The summed E-state index contributed by atoms with van der Waals surface area (Å²) in [5.74, 6) is 0.186. The average molecular weight is 312 g/mol. The van der Waals surface area contributed by atoms with Gasteiger partial charge in [-0.05, 0) is 53.6 Å².